The lowest BCUT2D eigenvalue weighted by atomic mass is 9.83. The third kappa shape index (κ3) is 6.66. The monoisotopic (exact) mass is 299 g/mol. The molecule has 0 aromatic rings. The van der Waals surface area contributed by atoms with Crippen LogP contribution in [-0.2, 0) is 9.47 Å². The van der Waals surface area contributed by atoms with Crippen LogP contribution in [0.5, 0.6) is 0 Å². The summed E-state index contributed by atoms with van der Waals surface area (Å²) < 4.78 is 11.5. The first-order valence-corrected chi connectivity index (χ1v) is 9.15. The van der Waals surface area contributed by atoms with Crippen molar-refractivity contribution >= 4 is 0 Å². The number of nitrogens with one attached hydrogen (secondary N) is 1. The van der Waals surface area contributed by atoms with E-state index in [0.29, 0.717) is 6.04 Å². The van der Waals surface area contributed by atoms with Crippen LogP contribution in [0, 0.1) is 0 Å². The van der Waals surface area contributed by atoms with Gasteiger partial charge in [-0.2, -0.15) is 0 Å². The lowest BCUT2D eigenvalue weighted by molar-refractivity contribution is -0.112. The molecule has 0 aliphatic carbocycles. The molecule has 0 aromatic carbocycles. The van der Waals surface area contributed by atoms with E-state index in [1.165, 1.54) is 51.4 Å². The molecule has 126 valence electrons. The molecule has 0 amide bonds. The first kappa shape index (κ1) is 18.9. The molecular weight excluding hydrogens is 262 g/mol. The minimum atomic E-state index is -0.00314. The van der Waals surface area contributed by atoms with Crippen LogP contribution in [0.3, 0.4) is 0 Å². The highest BCUT2D eigenvalue weighted by Crippen LogP contribution is 2.31. The Morgan fingerprint density at radius 1 is 1.00 bits per heavy atom. The van der Waals surface area contributed by atoms with Crippen molar-refractivity contribution in [3.63, 3.8) is 0 Å². The molecule has 1 fully saturated rings. The molecule has 0 saturated carbocycles. The fourth-order valence-corrected chi connectivity index (χ4v) is 3.41. The minimum absolute atomic E-state index is 0.00314. The van der Waals surface area contributed by atoms with Crippen molar-refractivity contribution in [2.45, 2.75) is 89.7 Å². The Morgan fingerprint density at radius 2 is 1.67 bits per heavy atom. The molecule has 0 spiro atoms. The number of methoxy groups -OCH3 is 1. The highest BCUT2D eigenvalue weighted by atomic mass is 16.5. The second kappa shape index (κ2) is 11.4. The lowest BCUT2D eigenvalue weighted by Crippen LogP contribution is -2.55. The number of hydrogen-bond acceptors (Lipinski definition) is 3. The van der Waals surface area contributed by atoms with Gasteiger partial charge in [0.25, 0.3) is 0 Å². The van der Waals surface area contributed by atoms with E-state index in [1.807, 2.05) is 7.11 Å². The van der Waals surface area contributed by atoms with Crippen LogP contribution in [0.1, 0.15) is 78.1 Å². The van der Waals surface area contributed by atoms with Gasteiger partial charge < -0.3 is 14.8 Å². The largest absolute Gasteiger partial charge is 0.381 e. The summed E-state index contributed by atoms with van der Waals surface area (Å²) in [7, 11) is 1.88. The average Bonchev–Trinajstić information content (AvgIpc) is 2.54. The van der Waals surface area contributed by atoms with Crippen LogP contribution in [0.2, 0.25) is 0 Å². The molecule has 1 N–H and O–H groups in total. The van der Waals surface area contributed by atoms with E-state index in [0.717, 1.165) is 32.6 Å². The van der Waals surface area contributed by atoms with Crippen molar-refractivity contribution in [3.05, 3.63) is 0 Å². The Morgan fingerprint density at radius 3 is 2.29 bits per heavy atom. The molecule has 21 heavy (non-hydrogen) atoms. The summed E-state index contributed by atoms with van der Waals surface area (Å²) in [6.07, 6.45) is 12.6. The zero-order valence-electron chi connectivity index (χ0n) is 14.6. The van der Waals surface area contributed by atoms with Crippen molar-refractivity contribution in [2.24, 2.45) is 0 Å². The van der Waals surface area contributed by atoms with Crippen LogP contribution in [0.25, 0.3) is 0 Å². The van der Waals surface area contributed by atoms with Crippen molar-refractivity contribution < 1.29 is 9.47 Å². The molecule has 0 bridgehead atoms. The van der Waals surface area contributed by atoms with Gasteiger partial charge in [0.1, 0.15) is 0 Å². The van der Waals surface area contributed by atoms with E-state index in [1.54, 1.807) is 0 Å². The zero-order valence-corrected chi connectivity index (χ0v) is 14.6. The molecule has 1 rings (SSSR count). The highest BCUT2D eigenvalue weighted by molar-refractivity contribution is 4.94. The Labute approximate surface area is 132 Å². The van der Waals surface area contributed by atoms with Gasteiger partial charge in [0.2, 0.25) is 0 Å². The highest BCUT2D eigenvalue weighted by Gasteiger charge is 2.39. The van der Waals surface area contributed by atoms with Gasteiger partial charge in [0.15, 0.2) is 0 Å². The first-order valence-electron chi connectivity index (χ1n) is 9.15. The predicted molar refractivity (Wildman–Crippen MR) is 89.9 cm³/mol. The van der Waals surface area contributed by atoms with Gasteiger partial charge in [-0.05, 0) is 19.4 Å². The Balaban J connectivity index is 2.41. The van der Waals surface area contributed by atoms with E-state index in [2.05, 4.69) is 19.2 Å². The summed E-state index contributed by atoms with van der Waals surface area (Å²) in [5.41, 5.74) is -0.00314. The standard InChI is InChI=1S/C18H37NO2/c1-4-6-7-8-9-10-11-17(19-14-5-2)18(20-3)12-15-21-16-13-18/h17,19H,4-16H2,1-3H3. The third-order valence-corrected chi connectivity index (χ3v) is 4.87. The Hall–Kier alpha value is -0.120. The quantitative estimate of drug-likeness (QED) is 0.545. The van der Waals surface area contributed by atoms with Crippen LogP contribution in [0.4, 0.5) is 0 Å². The van der Waals surface area contributed by atoms with Crippen LogP contribution in [-0.4, -0.2) is 38.5 Å². The third-order valence-electron chi connectivity index (χ3n) is 4.87. The van der Waals surface area contributed by atoms with Gasteiger partial charge in [0, 0.05) is 39.2 Å². The number of rotatable bonds is 12. The van der Waals surface area contributed by atoms with E-state index in [9.17, 15) is 0 Å². The van der Waals surface area contributed by atoms with Gasteiger partial charge in [-0.25, -0.2) is 0 Å². The maximum absolute atomic E-state index is 5.99. The summed E-state index contributed by atoms with van der Waals surface area (Å²) in [5, 5.41) is 3.75. The van der Waals surface area contributed by atoms with Gasteiger partial charge in [-0.3, -0.25) is 0 Å². The normalized spacial score (nSPS) is 19.6. The Bertz CT molecular complexity index is 239. The molecule has 3 nitrogen and oxygen atoms in total. The maximum atomic E-state index is 5.99. The number of hydrogen-bond donors (Lipinski definition) is 1. The lowest BCUT2D eigenvalue weighted by Gasteiger charge is -2.43. The van der Waals surface area contributed by atoms with Crippen LogP contribution in [0.15, 0.2) is 0 Å². The van der Waals surface area contributed by atoms with Gasteiger partial charge >= 0.3 is 0 Å². The summed E-state index contributed by atoms with van der Waals surface area (Å²) in [6.45, 7) is 7.28. The molecule has 1 saturated heterocycles. The average molecular weight is 299 g/mol. The summed E-state index contributed by atoms with van der Waals surface area (Å²) in [5.74, 6) is 0. The van der Waals surface area contributed by atoms with Crippen molar-refractivity contribution in [1.82, 2.24) is 5.32 Å². The van der Waals surface area contributed by atoms with Crippen molar-refractivity contribution in [3.8, 4) is 0 Å². The second-order valence-corrected chi connectivity index (χ2v) is 6.44. The topological polar surface area (TPSA) is 30.5 Å². The minimum Gasteiger partial charge on any atom is -0.381 e. The van der Waals surface area contributed by atoms with Gasteiger partial charge in [-0.1, -0.05) is 52.4 Å². The SMILES string of the molecule is CCCCCCCCC(NCCC)C1(OC)CCOCC1. The zero-order chi connectivity index (χ0) is 15.4. The maximum Gasteiger partial charge on any atom is 0.0874 e. The molecule has 1 atom stereocenters. The second-order valence-electron chi connectivity index (χ2n) is 6.44. The molecule has 1 aliphatic heterocycles. The number of unbranched alkanes of at least 4 members (excludes halogenated alkanes) is 5. The van der Waals surface area contributed by atoms with Crippen LogP contribution < -0.4 is 5.32 Å². The van der Waals surface area contributed by atoms with Crippen molar-refractivity contribution in [1.29, 1.82) is 0 Å². The molecule has 1 unspecified atom stereocenters. The van der Waals surface area contributed by atoms with Gasteiger partial charge in [-0.15, -0.1) is 0 Å². The molecule has 3 heteroatoms. The summed E-state index contributed by atoms with van der Waals surface area (Å²) in [6, 6.07) is 0.484. The Kier molecular flexibility index (Phi) is 10.3. The van der Waals surface area contributed by atoms with E-state index in [4.69, 9.17) is 9.47 Å². The van der Waals surface area contributed by atoms with E-state index in [-0.39, 0.29) is 5.60 Å². The van der Waals surface area contributed by atoms with E-state index >= 15 is 0 Å². The predicted octanol–water partition coefficient (Wildman–Crippen LogP) is 4.30. The molecule has 0 radical (unpaired) electrons. The van der Waals surface area contributed by atoms with Gasteiger partial charge in [0.05, 0.1) is 5.60 Å². The van der Waals surface area contributed by atoms with Crippen LogP contribution >= 0.6 is 0 Å². The van der Waals surface area contributed by atoms with E-state index < -0.39 is 0 Å². The molecule has 1 aliphatic rings. The van der Waals surface area contributed by atoms with Crippen molar-refractivity contribution in [2.75, 3.05) is 26.9 Å². The first-order chi connectivity index (χ1) is 10.3. The summed E-state index contributed by atoms with van der Waals surface area (Å²) >= 11 is 0. The smallest absolute Gasteiger partial charge is 0.0874 e. The molecular formula is C18H37NO2. The fraction of sp³-hybridized carbons (Fsp3) is 1.00. The number of ether oxygens (including phenoxy) is 2. The fourth-order valence-electron chi connectivity index (χ4n) is 3.41. The summed E-state index contributed by atoms with van der Waals surface area (Å²) in [4.78, 5) is 0. The molecule has 1 heterocycles. The molecule has 0 aromatic heterocycles.